The van der Waals surface area contributed by atoms with Crippen molar-refractivity contribution in [1.82, 2.24) is 4.90 Å². The zero-order valence-electron chi connectivity index (χ0n) is 12.0. The zero-order chi connectivity index (χ0) is 14.4. The summed E-state index contributed by atoms with van der Waals surface area (Å²) in [5.41, 5.74) is 2.27. The fourth-order valence-corrected chi connectivity index (χ4v) is 2.54. The number of hydrogen-bond acceptors (Lipinski definition) is 3. The fourth-order valence-electron chi connectivity index (χ4n) is 2.54. The molecule has 2 rings (SSSR count). The standard InChI is InChI=1S/C17H23NO2/c1-14-12-18(10-9-17(14)20)13-16-7-5-15(6-8-16)4-2-3-11-19/h5-8,14,17,19-20H,3,9-13H2,1H3. The predicted octanol–water partition coefficient (Wildman–Crippen LogP) is 1.62. The van der Waals surface area contributed by atoms with Crippen molar-refractivity contribution in [2.75, 3.05) is 19.7 Å². The van der Waals surface area contributed by atoms with Gasteiger partial charge in [0, 0.05) is 31.6 Å². The third-order valence-corrected chi connectivity index (χ3v) is 3.77. The van der Waals surface area contributed by atoms with Gasteiger partial charge in [-0.2, -0.15) is 0 Å². The largest absolute Gasteiger partial charge is 0.395 e. The Bertz CT molecular complexity index is 472. The highest BCUT2D eigenvalue weighted by atomic mass is 16.3. The van der Waals surface area contributed by atoms with E-state index in [1.165, 1.54) is 5.56 Å². The molecule has 3 heteroatoms. The topological polar surface area (TPSA) is 43.7 Å². The number of likely N-dealkylation sites (tertiary alicyclic amines) is 1. The van der Waals surface area contributed by atoms with E-state index in [-0.39, 0.29) is 12.7 Å². The summed E-state index contributed by atoms with van der Waals surface area (Å²) in [6.07, 6.45) is 1.25. The number of benzene rings is 1. The summed E-state index contributed by atoms with van der Waals surface area (Å²) >= 11 is 0. The summed E-state index contributed by atoms with van der Waals surface area (Å²) in [4.78, 5) is 2.39. The van der Waals surface area contributed by atoms with E-state index in [0.717, 1.165) is 31.6 Å². The van der Waals surface area contributed by atoms with Crippen LogP contribution in [0.2, 0.25) is 0 Å². The van der Waals surface area contributed by atoms with E-state index < -0.39 is 0 Å². The minimum atomic E-state index is -0.143. The van der Waals surface area contributed by atoms with Crippen molar-refractivity contribution in [2.24, 2.45) is 5.92 Å². The van der Waals surface area contributed by atoms with Crippen LogP contribution in [0.25, 0.3) is 0 Å². The van der Waals surface area contributed by atoms with Crippen LogP contribution < -0.4 is 0 Å². The van der Waals surface area contributed by atoms with Crippen LogP contribution in [0.15, 0.2) is 24.3 Å². The molecule has 1 saturated heterocycles. The van der Waals surface area contributed by atoms with Crippen LogP contribution in [0.1, 0.15) is 30.9 Å². The van der Waals surface area contributed by atoms with E-state index in [2.05, 4.69) is 35.8 Å². The minimum absolute atomic E-state index is 0.115. The Kier molecular flexibility index (Phi) is 5.60. The number of aliphatic hydroxyl groups excluding tert-OH is 2. The normalized spacial score (nSPS) is 23.1. The average Bonchev–Trinajstić information content (AvgIpc) is 2.45. The molecular weight excluding hydrogens is 250 g/mol. The van der Waals surface area contributed by atoms with Gasteiger partial charge in [0.1, 0.15) is 0 Å². The molecule has 0 bridgehead atoms. The Balaban J connectivity index is 1.89. The van der Waals surface area contributed by atoms with Gasteiger partial charge in [0.15, 0.2) is 0 Å². The number of hydrogen-bond donors (Lipinski definition) is 2. The second-order valence-corrected chi connectivity index (χ2v) is 5.54. The zero-order valence-corrected chi connectivity index (χ0v) is 12.0. The maximum atomic E-state index is 9.74. The molecule has 108 valence electrons. The van der Waals surface area contributed by atoms with E-state index >= 15 is 0 Å². The molecule has 1 aromatic rings. The molecule has 1 aromatic carbocycles. The lowest BCUT2D eigenvalue weighted by atomic mass is 9.96. The summed E-state index contributed by atoms with van der Waals surface area (Å²) in [7, 11) is 0. The van der Waals surface area contributed by atoms with Crippen molar-refractivity contribution in [3.05, 3.63) is 35.4 Å². The van der Waals surface area contributed by atoms with Gasteiger partial charge in [-0.25, -0.2) is 0 Å². The van der Waals surface area contributed by atoms with Crippen molar-refractivity contribution in [3.8, 4) is 11.8 Å². The first-order chi connectivity index (χ1) is 9.69. The van der Waals surface area contributed by atoms with Gasteiger partial charge >= 0.3 is 0 Å². The maximum absolute atomic E-state index is 9.74. The highest BCUT2D eigenvalue weighted by Crippen LogP contribution is 2.18. The van der Waals surface area contributed by atoms with Gasteiger partial charge in [-0.1, -0.05) is 30.9 Å². The molecule has 0 spiro atoms. The molecule has 0 radical (unpaired) electrons. The van der Waals surface area contributed by atoms with Crippen LogP contribution in [-0.2, 0) is 6.54 Å². The summed E-state index contributed by atoms with van der Waals surface area (Å²) in [5, 5.41) is 18.4. The molecule has 0 amide bonds. The third-order valence-electron chi connectivity index (χ3n) is 3.77. The van der Waals surface area contributed by atoms with Gasteiger partial charge in [-0.3, -0.25) is 4.90 Å². The van der Waals surface area contributed by atoms with Gasteiger partial charge in [0.05, 0.1) is 12.7 Å². The van der Waals surface area contributed by atoms with Crippen molar-refractivity contribution in [1.29, 1.82) is 0 Å². The quantitative estimate of drug-likeness (QED) is 0.823. The first-order valence-corrected chi connectivity index (χ1v) is 7.28. The molecule has 0 aliphatic carbocycles. The summed E-state index contributed by atoms with van der Waals surface area (Å²) in [5.74, 6) is 6.31. The molecule has 2 N–H and O–H groups in total. The van der Waals surface area contributed by atoms with E-state index in [9.17, 15) is 5.11 Å². The molecule has 0 aromatic heterocycles. The highest BCUT2D eigenvalue weighted by Gasteiger charge is 2.23. The van der Waals surface area contributed by atoms with Crippen LogP contribution in [0.5, 0.6) is 0 Å². The molecule has 2 atom stereocenters. The molecule has 20 heavy (non-hydrogen) atoms. The SMILES string of the molecule is CC1CN(Cc2ccc(C#CCCO)cc2)CCC1O. The van der Waals surface area contributed by atoms with Crippen molar-refractivity contribution >= 4 is 0 Å². The lowest BCUT2D eigenvalue weighted by molar-refractivity contribution is 0.0320. The molecule has 1 fully saturated rings. The van der Waals surface area contributed by atoms with Gasteiger partial charge in [0.25, 0.3) is 0 Å². The molecule has 1 aliphatic rings. The number of aliphatic hydroxyl groups is 2. The van der Waals surface area contributed by atoms with Crippen molar-refractivity contribution in [2.45, 2.75) is 32.4 Å². The second kappa shape index (κ2) is 7.44. The van der Waals surface area contributed by atoms with Gasteiger partial charge < -0.3 is 10.2 Å². The van der Waals surface area contributed by atoms with Crippen LogP contribution in [0.3, 0.4) is 0 Å². The minimum Gasteiger partial charge on any atom is -0.395 e. The lowest BCUT2D eigenvalue weighted by Crippen LogP contribution is -2.41. The summed E-state index contributed by atoms with van der Waals surface area (Å²) < 4.78 is 0. The Hall–Kier alpha value is -1.34. The first kappa shape index (κ1) is 15.1. The Morgan fingerprint density at radius 2 is 2.05 bits per heavy atom. The average molecular weight is 273 g/mol. The first-order valence-electron chi connectivity index (χ1n) is 7.28. The van der Waals surface area contributed by atoms with Crippen LogP contribution in [0.4, 0.5) is 0 Å². The van der Waals surface area contributed by atoms with Crippen LogP contribution in [0, 0.1) is 17.8 Å². The molecule has 3 nitrogen and oxygen atoms in total. The molecule has 1 heterocycles. The van der Waals surface area contributed by atoms with Crippen LogP contribution >= 0.6 is 0 Å². The lowest BCUT2D eigenvalue weighted by Gasteiger charge is -2.34. The summed E-state index contributed by atoms with van der Waals surface area (Å²) in [6, 6.07) is 8.28. The van der Waals surface area contributed by atoms with E-state index in [1.54, 1.807) is 0 Å². The Morgan fingerprint density at radius 3 is 2.70 bits per heavy atom. The Morgan fingerprint density at radius 1 is 1.30 bits per heavy atom. The fraction of sp³-hybridized carbons (Fsp3) is 0.529. The van der Waals surface area contributed by atoms with Gasteiger partial charge in [-0.05, 0) is 30.0 Å². The van der Waals surface area contributed by atoms with Crippen molar-refractivity contribution in [3.63, 3.8) is 0 Å². The maximum Gasteiger partial charge on any atom is 0.0590 e. The van der Waals surface area contributed by atoms with E-state index in [0.29, 0.717) is 12.3 Å². The van der Waals surface area contributed by atoms with E-state index in [4.69, 9.17) is 5.11 Å². The molecule has 0 saturated carbocycles. The predicted molar refractivity (Wildman–Crippen MR) is 80.1 cm³/mol. The monoisotopic (exact) mass is 273 g/mol. The molecule has 2 unspecified atom stereocenters. The third kappa shape index (κ3) is 4.35. The smallest absolute Gasteiger partial charge is 0.0590 e. The van der Waals surface area contributed by atoms with E-state index in [1.807, 2.05) is 12.1 Å². The summed E-state index contributed by atoms with van der Waals surface area (Å²) in [6.45, 7) is 5.07. The van der Waals surface area contributed by atoms with Crippen molar-refractivity contribution < 1.29 is 10.2 Å². The number of piperidine rings is 1. The second-order valence-electron chi connectivity index (χ2n) is 5.54. The molecular formula is C17H23NO2. The number of nitrogens with zero attached hydrogens (tertiary/aromatic N) is 1. The molecule has 1 aliphatic heterocycles. The van der Waals surface area contributed by atoms with Gasteiger partial charge in [0.2, 0.25) is 0 Å². The highest BCUT2D eigenvalue weighted by molar-refractivity contribution is 5.36. The Labute approximate surface area is 121 Å². The van der Waals surface area contributed by atoms with Crippen LogP contribution in [-0.4, -0.2) is 40.9 Å². The number of rotatable bonds is 3. The van der Waals surface area contributed by atoms with Gasteiger partial charge in [-0.15, -0.1) is 0 Å².